The molecule has 0 fully saturated rings. The van der Waals surface area contributed by atoms with Gasteiger partial charge in [0.25, 0.3) is 0 Å². The Labute approximate surface area is 95.4 Å². The summed E-state index contributed by atoms with van der Waals surface area (Å²) in [6, 6.07) is 13.4. The quantitative estimate of drug-likeness (QED) is 0.805. The Kier molecular flexibility index (Phi) is 2.93. The van der Waals surface area contributed by atoms with Gasteiger partial charge in [0, 0.05) is 6.54 Å². The molecule has 0 aliphatic rings. The van der Waals surface area contributed by atoms with Crippen LogP contribution in [0.3, 0.4) is 0 Å². The number of nitrogens with two attached hydrogens (primary N) is 1. The predicted octanol–water partition coefficient (Wildman–Crippen LogP) is 2.83. The van der Waals surface area contributed by atoms with Gasteiger partial charge in [0.05, 0.1) is 0 Å². The number of aromatic hydroxyl groups is 1. The van der Waals surface area contributed by atoms with E-state index in [2.05, 4.69) is 19.1 Å². The summed E-state index contributed by atoms with van der Waals surface area (Å²) in [5, 5.41) is 9.25. The van der Waals surface area contributed by atoms with Crippen molar-refractivity contribution in [2.45, 2.75) is 13.5 Å². The van der Waals surface area contributed by atoms with Crippen molar-refractivity contribution in [2.24, 2.45) is 5.73 Å². The molecule has 0 aromatic heterocycles. The third-order valence-corrected chi connectivity index (χ3v) is 2.72. The summed E-state index contributed by atoms with van der Waals surface area (Å²) in [6.07, 6.45) is 0. The van der Waals surface area contributed by atoms with Crippen LogP contribution in [0.5, 0.6) is 5.75 Å². The summed E-state index contributed by atoms with van der Waals surface area (Å²) in [5.41, 5.74) is 10.2. The second-order valence-corrected chi connectivity index (χ2v) is 3.90. The van der Waals surface area contributed by atoms with E-state index in [-0.39, 0.29) is 5.75 Å². The lowest BCUT2D eigenvalue weighted by Crippen LogP contribution is -1.97. The highest BCUT2D eigenvalue weighted by Gasteiger charge is 2.02. The molecule has 0 aliphatic heterocycles. The van der Waals surface area contributed by atoms with Gasteiger partial charge in [-0.05, 0) is 47.4 Å². The Morgan fingerprint density at radius 3 is 2.38 bits per heavy atom. The van der Waals surface area contributed by atoms with Crippen LogP contribution in [0, 0.1) is 6.92 Å². The predicted molar refractivity (Wildman–Crippen MR) is 66.2 cm³/mol. The van der Waals surface area contributed by atoms with Crippen LogP contribution in [-0.4, -0.2) is 5.11 Å². The molecule has 2 aromatic carbocycles. The highest BCUT2D eigenvalue weighted by Crippen LogP contribution is 2.26. The molecule has 0 heterocycles. The molecule has 2 aromatic rings. The second-order valence-electron chi connectivity index (χ2n) is 3.90. The minimum atomic E-state index is 0.288. The van der Waals surface area contributed by atoms with Gasteiger partial charge < -0.3 is 10.8 Å². The molecule has 2 heteroatoms. The first-order valence-corrected chi connectivity index (χ1v) is 5.29. The Morgan fingerprint density at radius 1 is 1.06 bits per heavy atom. The Morgan fingerprint density at radius 2 is 1.75 bits per heavy atom. The standard InChI is InChI=1S/C14H15NO/c1-10-2-3-11(9-15)8-14(10)12-4-6-13(16)7-5-12/h2-8,16H,9,15H2,1H3. The average Bonchev–Trinajstić information content (AvgIpc) is 2.31. The lowest BCUT2D eigenvalue weighted by molar-refractivity contribution is 0.475. The van der Waals surface area contributed by atoms with Crippen LogP contribution in [0.1, 0.15) is 11.1 Å². The molecule has 2 rings (SSSR count). The van der Waals surface area contributed by atoms with Crippen molar-refractivity contribution in [3.8, 4) is 16.9 Å². The maximum absolute atomic E-state index is 9.25. The topological polar surface area (TPSA) is 46.2 Å². The summed E-state index contributed by atoms with van der Waals surface area (Å²) in [5.74, 6) is 0.288. The highest BCUT2D eigenvalue weighted by molar-refractivity contribution is 5.68. The number of hydrogen-bond donors (Lipinski definition) is 2. The molecule has 2 nitrogen and oxygen atoms in total. The smallest absolute Gasteiger partial charge is 0.115 e. The van der Waals surface area contributed by atoms with Crippen LogP contribution in [0.2, 0.25) is 0 Å². The van der Waals surface area contributed by atoms with Gasteiger partial charge in [-0.25, -0.2) is 0 Å². The maximum Gasteiger partial charge on any atom is 0.115 e. The first kappa shape index (κ1) is 10.7. The third kappa shape index (κ3) is 2.07. The SMILES string of the molecule is Cc1ccc(CN)cc1-c1ccc(O)cc1. The van der Waals surface area contributed by atoms with Crippen molar-refractivity contribution >= 4 is 0 Å². The molecule has 0 aliphatic carbocycles. The first-order chi connectivity index (χ1) is 7.70. The molecular weight excluding hydrogens is 198 g/mol. The van der Waals surface area contributed by atoms with Gasteiger partial charge in [0.2, 0.25) is 0 Å². The van der Waals surface area contributed by atoms with Crippen molar-refractivity contribution in [2.75, 3.05) is 0 Å². The average molecular weight is 213 g/mol. The molecule has 0 amide bonds. The number of hydrogen-bond acceptors (Lipinski definition) is 2. The van der Waals surface area contributed by atoms with Crippen molar-refractivity contribution in [3.63, 3.8) is 0 Å². The van der Waals surface area contributed by atoms with Crippen LogP contribution in [0.15, 0.2) is 42.5 Å². The van der Waals surface area contributed by atoms with Gasteiger partial charge in [-0.3, -0.25) is 0 Å². The lowest BCUT2D eigenvalue weighted by Gasteiger charge is -2.08. The number of aryl methyl sites for hydroxylation is 1. The van der Waals surface area contributed by atoms with E-state index in [0.717, 1.165) is 11.1 Å². The molecule has 16 heavy (non-hydrogen) atoms. The van der Waals surface area contributed by atoms with Crippen LogP contribution in [0.25, 0.3) is 11.1 Å². The molecule has 0 spiro atoms. The Hall–Kier alpha value is -1.80. The van der Waals surface area contributed by atoms with Gasteiger partial charge >= 0.3 is 0 Å². The fourth-order valence-electron chi connectivity index (χ4n) is 1.75. The molecule has 0 bridgehead atoms. The van der Waals surface area contributed by atoms with Gasteiger partial charge in [-0.15, -0.1) is 0 Å². The summed E-state index contributed by atoms with van der Waals surface area (Å²) < 4.78 is 0. The van der Waals surface area contributed by atoms with Crippen molar-refractivity contribution in [1.29, 1.82) is 0 Å². The molecule has 0 unspecified atom stereocenters. The number of rotatable bonds is 2. The number of phenols is 1. The molecular formula is C14H15NO. The van der Waals surface area contributed by atoms with Crippen LogP contribution in [-0.2, 0) is 6.54 Å². The van der Waals surface area contributed by atoms with E-state index in [9.17, 15) is 5.11 Å². The normalized spacial score (nSPS) is 10.4. The van der Waals surface area contributed by atoms with E-state index >= 15 is 0 Å². The Bertz CT molecular complexity index is 489. The van der Waals surface area contributed by atoms with E-state index in [4.69, 9.17) is 5.73 Å². The number of benzene rings is 2. The van der Waals surface area contributed by atoms with Crippen molar-refractivity contribution < 1.29 is 5.11 Å². The van der Waals surface area contributed by atoms with E-state index in [1.165, 1.54) is 11.1 Å². The van der Waals surface area contributed by atoms with E-state index < -0.39 is 0 Å². The van der Waals surface area contributed by atoms with Gasteiger partial charge in [0.15, 0.2) is 0 Å². The Balaban J connectivity index is 2.50. The van der Waals surface area contributed by atoms with Gasteiger partial charge in [-0.2, -0.15) is 0 Å². The fraction of sp³-hybridized carbons (Fsp3) is 0.143. The molecule has 0 radical (unpaired) electrons. The van der Waals surface area contributed by atoms with E-state index in [1.54, 1.807) is 12.1 Å². The number of phenolic OH excluding ortho intramolecular Hbond substituents is 1. The van der Waals surface area contributed by atoms with Crippen LogP contribution in [0.4, 0.5) is 0 Å². The summed E-state index contributed by atoms with van der Waals surface area (Å²) in [7, 11) is 0. The third-order valence-electron chi connectivity index (χ3n) is 2.72. The zero-order valence-corrected chi connectivity index (χ0v) is 9.27. The summed E-state index contributed by atoms with van der Waals surface area (Å²) in [6.45, 7) is 2.62. The van der Waals surface area contributed by atoms with Crippen molar-refractivity contribution in [1.82, 2.24) is 0 Å². The van der Waals surface area contributed by atoms with Crippen LogP contribution < -0.4 is 5.73 Å². The van der Waals surface area contributed by atoms with E-state index in [0.29, 0.717) is 6.54 Å². The summed E-state index contributed by atoms with van der Waals surface area (Å²) in [4.78, 5) is 0. The molecule has 82 valence electrons. The minimum Gasteiger partial charge on any atom is -0.508 e. The second kappa shape index (κ2) is 4.37. The monoisotopic (exact) mass is 213 g/mol. The van der Waals surface area contributed by atoms with Crippen molar-refractivity contribution in [3.05, 3.63) is 53.6 Å². The minimum absolute atomic E-state index is 0.288. The maximum atomic E-state index is 9.25. The van der Waals surface area contributed by atoms with Crippen LogP contribution >= 0.6 is 0 Å². The molecule has 0 saturated heterocycles. The lowest BCUT2D eigenvalue weighted by atomic mass is 9.98. The molecule has 0 saturated carbocycles. The highest BCUT2D eigenvalue weighted by atomic mass is 16.3. The zero-order chi connectivity index (χ0) is 11.5. The summed E-state index contributed by atoms with van der Waals surface area (Å²) >= 11 is 0. The zero-order valence-electron chi connectivity index (χ0n) is 9.27. The van der Waals surface area contributed by atoms with E-state index in [1.807, 2.05) is 18.2 Å². The largest absolute Gasteiger partial charge is 0.508 e. The molecule has 3 N–H and O–H groups in total. The van der Waals surface area contributed by atoms with Gasteiger partial charge in [0.1, 0.15) is 5.75 Å². The first-order valence-electron chi connectivity index (χ1n) is 5.29. The molecule has 0 atom stereocenters. The van der Waals surface area contributed by atoms with Gasteiger partial charge in [-0.1, -0.05) is 24.3 Å². The fourth-order valence-corrected chi connectivity index (χ4v) is 1.75.